The Kier molecular flexibility index (Phi) is 13.3. The Hall–Kier alpha value is -4.63. The van der Waals surface area contributed by atoms with Crippen LogP contribution in [0.25, 0.3) is 17.0 Å². The van der Waals surface area contributed by atoms with Gasteiger partial charge in [-0.15, -0.1) is 0 Å². The maximum atomic E-state index is 6.32. The molecule has 5 aromatic rings. The molecule has 0 unspecified atom stereocenters. The van der Waals surface area contributed by atoms with Crippen LogP contribution in [0.4, 0.5) is 34.9 Å². The van der Waals surface area contributed by atoms with Gasteiger partial charge in [-0.1, -0.05) is 47.5 Å². The van der Waals surface area contributed by atoms with E-state index in [1.165, 1.54) is 0 Å². The zero-order chi connectivity index (χ0) is 36.3. The number of benzene rings is 2. The summed E-state index contributed by atoms with van der Waals surface area (Å²) in [7, 11) is 3.42. The molecule has 0 amide bonds. The SMILES string of the molecule is CN=C=S.CNc1nc2ccccc2n1-c1nc(Cl)cc(N2CCOC[C@H]2C)n1.C[C@@H]1COCCN1c1cc(Cl)nc(Nc2ccccc2N)n1. The lowest BCUT2D eigenvalue weighted by Crippen LogP contribution is -2.44. The Labute approximate surface area is 312 Å². The zero-order valence-corrected chi connectivity index (χ0v) is 31.1. The highest BCUT2D eigenvalue weighted by atomic mass is 35.5. The van der Waals surface area contributed by atoms with Gasteiger partial charge in [0.1, 0.15) is 21.9 Å². The molecule has 0 bridgehead atoms. The van der Waals surface area contributed by atoms with Crippen LogP contribution in [0.15, 0.2) is 65.7 Å². The molecule has 2 fully saturated rings. The average molecular weight is 752 g/mol. The third-order valence-corrected chi connectivity index (χ3v) is 8.53. The van der Waals surface area contributed by atoms with Crippen molar-refractivity contribution >= 4 is 86.5 Å². The second-order valence-electron chi connectivity index (χ2n) is 11.5. The van der Waals surface area contributed by atoms with Crippen molar-refractivity contribution in [1.29, 1.82) is 0 Å². The molecule has 3 aromatic heterocycles. The fourth-order valence-corrected chi connectivity index (χ4v) is 5.86. The summed E-state index contributed by atoms with van der Waals surface area (Å²) in [6, 6.07) is 19.4. The molecule has 2 atom stereocenters. The van der Waals surface area contributed by atoms with Crippen molar-refractivity contribution < 1.29 is 9.47 Å². The number of nitrogens with zero attached hydrogens (tertiary/aromatic N) is 9. The van der Waals surface area contributed by atoms with Gasteiger partial charge in [-0.3, -0.25) is 0 Å². The van der Waals surface area contributed by atoms with Gasteiger partial charge in [-0.05, 0) is 50.3 Å². The maximum Gasteiger partial charge on any atom is 0.240 e. The summed E-state index contributed by atoms with van der Waals surface area (Å²) < 4.78 is 12.9. The van der Waals surface area contributed by atoms with Crippen LogP contribution in [0.5, 0.6) is 0 Å². The van der Waals surface area contributed by atoms with Crippen molar-refractivity contribution in [2.24, 2.45) is 4.99 Å². The molecule has 2 aliphatic rings. The van der Waals surface area contributed by atoms with Crippen molar-refractivity contribution in [3.63, 3.8) is 0 Å². The molecule has 2 saturated heterocycles. The molecule has 17 heteroatoms. The van der Waals surface area contributed by atoms with Crippen molar-refractivity contribution in [3.05, 3.63) is 71.0 Å². The van der Waals surface area contributed by atoms with Crippen molar-refractivity contribution in [2.45, 2.75) is 25.9 Å². The van der Waals surface area contributed by atoms with E-state index in [4.69, 9.17) is 43.4 Å². The highest BCUT2D eigenvalue weighted by Crippen LogP contribution is 2.28. The fourth-order valence-electron chi connectivity index (χ4n) is 5.51. The summed E-state index contributed by atoms with van der Waals surface area (Å²) >= 11 is 16.6. The van der Waals surface area contributed by atoms with E-state index in [9.17, 15) is 0 Å². The van der Waals surface area contributed by atoms with E-state index in [1.807, 2.05) is 60.1 Å². The number of rotatable bonds is 6. The summed E-state index contributed by atoms with van der Waals surface area (Å²) in [6.45, 7) is 8.47. The highest BCUT2D eigenvalue weighted by molar-refractivity contribution is 7.78. The second-order valence-corrected chi connectivity index (χ2v) is 12.4. The van der Waals surface area contributed by atoms with Gasteiger partial charge in [0.25, 0.3) is 0 Å². The first-order valence-corrected chi connectivity index (χ1v) is 17.4. The van der Waals surface area contributed by atoms with E-state index in [0.29, 0.717) is 60.3 Å². The number of hydrogen-bond donors (Lipinski definition) is 3. The standard InChI is InChI=1S/C17H19ClN6O.C15H18ClN5O.C2H3NS/c1-11-10-25-8-7-23(11)15-9-14(18)21-17(22-15)24-13-6-4-3-5-12(13)20-16(24)19-2;1-10-9-22-7-6-21(10)14-8-13(16)19-15(20-14)18-12-5-3-2-4-11(12)17;1-3-2-4/h3-6,9,11H,7-8,10H2,1-2H3,(H,19,20);2-5,8,10H,6-7,9,17H2,1H3,(H,18,19,20);1H3/t11-;10-;/m11./s1. The molecule has 2 aliphatic heterocycles. The van der Waals surface area contributed by atoms with Gasteiger partial charge in [0, 0.05) is 39.3 Å². The summed E-state index contributed by atoms with van der Waals surface area (Å²) in [5, 5.41) is 9.15. The van der Waals surface area contributed by atoms with E-state index in [0.717, 1.165) is 41.4 Å². The van der Waals surface area contributed by atoms with Gasteiger partial charge >= 0.3 is 0 Å². The van der Waals surface area contributed by atoms with Crippen molar-refractivity contribution in [1.82, 2.24) is 29.5 Å². The molecule has 2 aromatic carbocycles. The van der Waals surface area contributed by atoms with Crippen LogP contribution in [-0.2, 0) is 9.47 Å². The highest BCUT2D eigenvalue weighted by Gasteiger charge is 2.24. The van der Waals surface area contributed by atoms with E-state index in [-0.39, 0.29) is 12.1 Å². The van der Waals surface area contributed by atoms with Gasteiger partial charge in [0.2, 0.25) is 17.8 Å². The summed E-state index contributed by atoms with van der Waals surface area (Å²) in [5.74, 6) is 3.18. The summed E-state index contributed by atoms with van der Waals surface area (Å²) in [4.78, 5) is 30.2. The molecule has 51 heavy (non-hydrogen) atoms. The molecule has 0 spiro atoms. The molecule has 0 radical (unpaired) electrons. The largest absolute Gasteiger partial charge is 0.397 e. The third-order valence-electron chi connectivity index (χ3n) is 7.96. The number of imidazole rings is 1. The number of aliphatic imine (C=N–C) groups is 1. The van der Waals surface area contributed by atoms with Gasteiger partial charge in [-0.25, -0.2) is 24.5 Å². The molecular weight excluding hydrogens is 711 g/mol. The Balaban J connectivity index is 0.000000180. The van der Waals surface area contributed by atoms with Crippen molar-refractivity contribution in [3.8, 4) is 5.95 Å². The smallest absolute Gasteiger partial charge is 0.240 e. The topological polar surface area (TPSA) is 157 Å². The predicted octanol–water partition coefficient (Wildman–Crippen LogP) is 6.14. The van der Waals surface area contributed by atoms with Gasteiger partial charge in [-0.2, -0.15) is 9.97 Å². The lowest BCUT2D eigenvalue weighted by atomic mass is 10.2. The first-order valence-electron chi connectivity index (χ1n) is 16.2. The van der Waals surface area contributed by atoms with Gasteiger partial charge < -0.3 is 35.6 Å². The number of hydrogen-bond acceptors (Lipinski definition) is 14. The number of anilines is 6. The second kappa shape index (κ2) is 18.0. The Morgan fingerprint density at radius 2 is 1.45 bits per heavy atom. The lowest BCUT2D eigenvalue weighted by Gasteiger charge is -2.34. The van der Waals surface area contributed by atoms with Crippen molar-refractivity contribution in [2.75, 3.05) is 79.8 Å². The number of thiocarbonyl (C=S) groups is 1. The minimum atomic E-state index is 0.232. The molecule has 268 valence electrons. The van der Waals surface area contributed by atoms with Crippen LogP contribution in [0.1, 0.15) is 13.8 Å². The fraction of sp³-hybridized carbons (Fsp3) is 0.353. The number of nitrogen functional groups attached to an aromatic ring is 1. The number of ether oxygens (including phenoxy) is 2. The monoisotopic (exact) mass is 750 g/mol. The molecule has 0 saturated carbocycles. The number of fused-ring (bicyclic) bond motifs is 1. The maximum absolute atomic E-state index is 6.32. The Morgan fingerprint density at radius 1 is 0.863 bits per heavy atom. The number of nitrogens with two attached hydrogens (primary N) is 1. The number of isothiocyanates is 1. The van der Waals surface area contributed by atoms with Crippen LogP contribution in [0.2, 0.25) is 10.3 Å². The zero-order valence-electron chi connectivity index (χ0n) is 28.8. The molecule has 7 rings (SSSR count). The third kappa shape index (κ3) is 9.58. The molecule has 0 aliphatic carbocycles. The van der Waals surface area contributed by atoms with Gasteiger partial charge in [0.05, 0.1) is 66.1 Å². The number of nitrogens with one attached hydrogen (secondary N) is 2. The van der Waals surface area contributed by atoms with Gasteiger partial charge in [0.15, 0.2) is 0 Å². The molecule has 4 N–H and O–H groups in total. The van der Waals surface area contributed by atoms with Crippen LogP contribution >= 0.6 is 35.4 Å². The normalized spacial score (nSPS) is 17.0. The first kappa shape index (κ1) is 37.6. The molecule has 14 nitrogen and oxygen atoms in total. The van der Waals surface area contributed by atoms with Crippen LogP contribution < -0.4 is 26.2 Å². The number of para-hydroxylation sites is 4. The number of aromatic nitrogens is 6. The van der Waals surface area contributed by atoms with E-state index >= 15 is 0 Å². The Bertz CT molecular complexity index is 1980. The minimum absolute atomic E-state index is 0.232. The minimum Gasteiger partial charge on any atom is -0.397 e. The van der Waals surface area contributed by atoms with Crippen LogP contribution in [0.3, 0.4) is 0 Å². The molecular formula is C34H40Cl2N12O2S. The summed E-state index contributed by atoms with van der Waals surface area (Å²) in [6.07, 6.45) is 0. The van der Waals surface area contributed by atoms with E-state index in [1.54, 1.807) is 19.2 Å². The van der Waals surface area contributed by atoms with Crippen LogP contribution in [-0.4, -0.2) is 100 Å². The number of halogens is 2. The van der Waals surface area contributed by atoms with Crippen LogP contribution in [0, 0.1) is 0 Å². The van der Waals surface area contributed by atoms with E-state index in [2.05, 4.69) is 76.6 Å². The lowest BCUT2D eigenvalue weighted by molar-refractivity contribution is 0.0985. The van der Waals surface area contributed by atoms with E-state index < -0.39 is 0 Å². The molecule has 5 heterocycles. The average Bonchev–Trinajstić information content (AvgIpc) is 3.52. The quantitative estimate of drug-likeness (QED) is 0.0788. The predicted molar refractivity (Wildman–Crippen MR) is 209 cm³/mol. The summed E-state index contributed by atoms with van der Waals surface area (Å²) in [5.41, 5.74) is 9.12. The Morgan fingerprint density at radius 3 is 2.06 bits per heavy atom. The number of morpholine rings is 2. The first-order chi connectivity index (χ1) is 24.7.